The molecule has 1 aliphatic rings. The predicted octanol–water partition coefficient (Wildman–Crippen LogP) is 5.04. The average Bonchev–Trinajstić information content (AvgIpc) is 2.92. The van der Waals surface area contributed by atoms with Crippen molar-refractivity contribution in [2.24, 2.45) is 11.8 Å². The van der Waals surface area contributed by atoms with Crippen molar-refractivity contribution >= 4 is 17.1 Å². The minimum Gasteiger partial charge on any atom is -0.441 e. The zero-order chi connectivity index (χ0) is 16.2. The number of aromatic nitrogens is 1. The average molecular weight is 315 g/mol. The van der Waals surface area contributed by atoms with Crippen LogP contribution in [-0.4, -0.2) is 11.0 Å². The van der Waals surface area contributed by atoms with Crippen molar-refractivity contribution in [3.8, 4) is 5.75 Å². The van der Waals surface area contributed by atoms with Crippen molar-refractivity contribution in [1.29, 1.82) is 0 Å². The first-order chi connectivity index (χ1) is 11.2. The maximum absolute atomic E-state index is 12.4. The standard InChI is InChI=1S/C19H25NO3/c1-3-4-5-14-6-8-15(9-7-14)19(21)23-16-10-11-17-18(12-16)22-13(2)20-17/h10-12,14-15H,3-9H2,1-2H3. The van der Waals surface area contributed by atoms with E-state index in [9.17, 15) is 4.79 Å². The summed E-state index contributed by atoms with van der Waals surface area (Å²) in [4.78, 5) is 16.6. The normalized spacial score (nSPS) is 21.5. The van der Waals surface area contributed by atoms with E-state index in [-0.39, 0.29) is 11.9 Å². The highest BCUT2D eigenvalue weighted by Crippen LogP contribution is 2.33. The van der Waals surface area contributed by atoms with Gasteiger partial charge in [-0.2, -0.15) is 0 Å². The molecule has 0 atom stereocenters. The van der Waals surface area contributed by atoms with Gasteiger partial charge >= 0.3 is 5.97 Å². The molecule has 124 valence electrons. The lowest BCUT2D eigenvalue weighted by atomic mass is 9.80. The van der Waals surface area contributed by atoms with Crippen LogP contribution in [0.25, 0.3) is 11.1 Å². The number of esters is 1. The highest BCUT2D eigenvalue weighted by Gasteiger charge is 2.27. The zero-order valence-electron chi connectivity index (χ0n) is 14.0. The summed E-state index contributed by atoms with van der Waals surface area (Å²) >= 11 is 0. The third-order valence-corrected chi connectivity index (χ3v) is 4.83. The first kappa shape index (κ1) is 16.0. The summed E-state index contributed by atoms with van der Waals surface area (Å²) in [7, 11) is 0. The van der Waals surface area contributed by atoms with Gasteiger partial charge in [-0.25, -0.2) is 4.98 Å². The van der Waals surface area contributed by atoms with E-state index in [2.05, 4.69) is 11.9 Å². The van der Waals surface area contributed by atoms with Gasteiger partial charge in [0.05, 0.1) is 5.92 Å². The lowest BCUT2D eigenvalue weighted by molar-refractivity contribution is -0.140. The fraction of sp³-hybridized carbons (Fsp3) is 0.579. The number of unbranched alkanes of at least 4 members (excludes halogenated alkanes) is 1. The molecule has 2 aromatic rings. The molecule has 4 nitrogen and oxygen atoms in total. The van der Waals surface area contributed by atoms with Crippen molar-refractivity contribution < 1.29 is 13.9 Å². The number of aryl methyl sites for hydroxylation is 1. The van der Waals surface area contributed by atoms with Crippen LogP contribution in [-0.2, 0) is 4.79 Å². The second-order valence-corrected chi connectivity index (χ2v) is 6.64. The lowest BCUT2D eigenvalue weighted by Gasteiger charge is -2.27. The Hall–Kier alpha value is -1.84. The molecular weight excluding hydrogens is 290 g/mol. The van der Waals surface area contributed by atoms with Crippen LogP contribution in [0.1, 0.15) is 57.8 Å². The molecule has 0 aliphatic heterocycles. The fourth-order valence-electron chi connectivity index (χ4n) is 3.46. The molecule has 0 unspecified atom stereocenters. The van der Waals surface area contributed by atoms with Gasteiger partial charge in [-0.05, 0) is 43.7 Å². The Morgan fingerprint density at radius 1 is 1.30 bits per heavy atom. The summed E-state index contributed by atoms with van der Waals surface area (Å²) in [5.74, 6) is 1.91. The number of nitrogens with zero attached hydrogens (tertiary/aromatic N) is 1. The van der Waals surface area contributed by atoms with Crippen molar-refractivity contribution in [1.82, 2.24) is 4.98 Å². The molecule has 1 aromatic carbocycles. The van der Waals surface area contributed by atoms with Gasteiger partial charge in [0.2, 0.25) is 0 Å². The third kappa shape index (κ3) is 3.92. The molecule has 1 aromatic heterocycles. The number of ether oxygens (including phenoxy) is 1. The summed E-state index contributed by atoms with van der Waals surface area (Å²) < 4.78 is 11.0. The fourth-order valence-corrected chi connectivity index (χ4v) is 3.46. The Kier molecular flexibility index (Phi) is 4.99. The van der Waals surface area contributed by atoms with E-state index in [0.717, 1.165) is 37.1 Å². The van der Waals surface area contributed by atoms with E-state index in [1.165, 1.54) is 19.3 Å². The number of hydrogen-bond donors (Lipinski definition) is 0. The smallest absolute Gasteiger partial charge is 0.314 e. The number of benzene rings is 1. The maximum Gasteiger partial charge on any atom is 0.314 e. The lowest BCUT2D eigenvalue weighted by Crippen LogP contribution is -2.25. The Morgan fingerprint density at radius 2 is 2.09 bits per heavy atom. The van der Waals surface area contributed by atoms with Gasteiger partial charge in [-0.3, -0.25) is 4.79 Å². The zero-order valence-corrected chi connectivity index (χ0v) is 14.0. The molecule has 1 fully saturated rings. The van der Waals surface area contributed by atoms with E-state index >= 15 is 0 Å². The van der Waals surface area contributed by atoms with E-state index in [1.54, 1.807) is 12.1 Å². The minimum atomic E-state index is -0.102. The Morgan fingerprint density at radius 3 is 2.83 bits per heavy atom. The van der Waals surface area contributed by atoms with Crippen molar-refractivity contribution in [2.45, 2.75) is 58.8 Å². The molecule has 0 bridgehead atoms. The second-order valence-electron chi connectivity index (χ2n) is 6.64. The number of oxazole rings is 1. The number of hydrogen-bond acceptors (Lipinski definition) is 4. The van der Waals surface area contributed by atoms with Gasteiger partial charge in [0.15, 0.2) is 11.5 Å². The third-order valence-electron chi connectivity index (χ3n) is 4.83. The molecule has 0 amide bonds. The Bertz CT molecular complexity index is 668. The summed E-state index contributed by atoms with van der Waals surface area (Å²) in [5, 5.41) is 0. The van der Waals surface area contributed by atoms with Crippen LogP contribution in [0, 0.1) is 18.8 Å². The minimum absolute atomic E-state index is 0.0417. The monoisotopic (exact) mass is 315 g/mol. The van der Waals surface area contributed by atoms with Crippen LogP contribution < -0.4 is 4.74 Å². The topological polar surface area (TPSA) is 52.3 Å². The van der Waals surface area contributed by atoms with Gasteiger partial charge in [0.1, 0.15) is 11.3 Å². The molecule has 0 saturated heterocycles. The molecule has 1 aliphatic carbocycles. The van der Waals surface area contributed by atoms with Crippen LogP contribution in [0.15, 0.2) is 22.6 Å². The summed E-state index contributed by atoms with van der Waals surface area (Å²) in [6.45, 7) is 4.04. The maximum atomic E-state index is 12.4. The second kappa shape index (κ2) is 7.16. The summed E-state index contributed by atoms with van der Waals surface area (Å²) in [6, 6.07) is 5.37. The molecule has 0 N–H and O–H groups in total. The van der Waals surface area contributed by atoms with Crippen molar-refractivity contribution in [3.63, 3.8) is 0 Å². The Balaban J connectivity index is 1.56. The van der Waals surface area contributed by atoms with E-state index in [1.807, 2.05) is 13.0 Å². The number of carbonyl (C=O) groups is 1. The van der Waals surface area contributed by atoms with Crippen molar-refractivity contribution in [2.75, 3.05) is 0 Å². The molecule has 23 heavy (non-hydrogen) atoms. The highest BCUT2D eigenvalue weighted by molar-refractivity contribution is 5.78. The van der Waals surface area contributed by atoms with Crippen LogP contribution in [0.3, 0.4) is 0 Å². The molecule has 0 spiro atoms. The van der Waals surface area contributed by atoms with E-state index in [0.29, 0.717) is 17.2 Å². The predicted molar refractivity (Wildman–Crippen MR) is 89.4 cm³/mol. The first-order valence-corrected chi connectivity index (χ1v) is 8.74. The molecule has 0 radical (unpaired) electrons. The number of fused-ring (bicyclic) bond motifs is 1. The molecule has 3 rings (SSSR count). The van der Waals surface area contributed by atoms with Crippen LogP contribution in [0.5, 0.6) is 5.75 Å². The van der Waals surface area contributed by atoms with Gasteiger partial charge in [0, 0.05) is 13.0 Å². The molecule has 1 heterocycles. The van der Waals surface area contributed by atoms with Crippen molar-refractivity contribution in [3.05, 3.63) is 24.1 Å². The van der Waals surface area contributed by atoms with E-state index < -0.39 is 0 Å². The van der Waals surface area contributed by atoms with E-state index in [4.69, 9.17) is 9.15 Å². The quantitative estimate of drug-likeness (QED) is 0.573. The van der Waals surface area contributed by atoms with Gasteiger partial charge in [0.25, 0.3) is 0 Å². The largest absolute Gasteiger partial charge is 0.441 e. The number of carbonyl (C=O) groups excluding carboxylic acids is 1. The van der Waals surface area contributed by atoms with Gasteiger partial charge in [-0.1, -0.05) is 26.2 Å². The summed E-state index contributed by atoms with van der Waals surface area (Å²) in [6.07, 6.45) is 8.08. The molecular formula is C19H25NO3. The molecule has 4 heteroatoms. The summed E-state index contributed by atoms with van der Waals surface area (Å²) in [5.41, 5.74) is 1.45. The highest BCUT2D eigenvalue weighted by atomic mass is 16.5. The van der Waals surface area contributed by atoms with Crippen LogP contribution >= 0.6 is 0 Å². The first-order valence-electron chi connectivity index (χ1n) is 8.74. The van der Waals surface area contributed by atoms with Gasteiger partial charge in [-0.15, -0.1) is 0 Å². The number of rotatable bonds is 5. The molecule has 1 saturated carbocycles. The van der Waals surface area contributed by atoms with Gasteiger partial charge < -0.3 is 9.15 Å². The van der Waals surface area contributed by atoms with Crippen LogP contribution in [0.4, 0.5) is 0 Å². The van der Waals surface area contributed by atoms with Crippen LogP contribution in [0.2, 0.25) is 0 Å². The SMILES string of the molecule is CCCCC1CCC(C(=O)Oc2ccc3nc(C)oc3c2)CC1. The Labute approximate surface area is 137 Å².